The standard InChI is InChI=1S/C18H32N8O6S/c19-9(3-1-5-23-18(21)22)16(30)26-6-2-4-12(26)15(29)24-10(7-13(20)27)14(28)25-11(8-33)17(31)32/h9-12,33H,1-8,19H2,(H2,20,27)(H,24,29)(H,25,28)(H,31,32)(H4,21,22,23). The van der Waals surface area contributed by atoms with Gasteiger partial charge in [-0.05, 0) is 25.7 Å². The van der Waals surface area contributed by atoms with Crippen LogP contribution in [0.3, 0.4) is 0 Å². The molecule has 0 saturated carbocycles. The summed E-state index contributed by atoms with van der Waals surface area (Å²) in [6.45, 7) is 0.604. The molecule has 14 nitrogen and oxygen atoms in total. The zero-order valence-electron chi connectivity index (χ0n) is 18.1. The summed E-state index contributed by atoms with van der Waals surface area (Å²) in [6.07, 6.45) is 1.08. The summed E-state index contributed by atoms with van der Waals surface area (Å²) in [6, 6.07) is -4.51. The maximum atomic E-state index is 12.8. The highest BCUT2D eigenvalue weighted by atomic mass is 32.1. The molecule has 0 radical (unpaired) electrons. The van der Waals surface area contributed by atoms with E-state index in [4.69, 9.17) is 28.0 Å². The number of thiol groups is 1. The molecule has 1 saturated heterocycles. The van der Waals surface area contributed by atoms with Crippen LogP contribution in [0.1, 0.15) is 32.1 Å². The van der Waals surface area contributed by atoms with Crippen molar-refractivity contribution in [2.24, 2.45) is 27.9 Å². The van der Waals surface area contributed by atoms with E-state index < -0.39 is 60.2 Å². The van der Waals surface area contributed by atoms with Gasteiger partial charge < -0.3 is 43.6 Å². The first-order valence-corrected chi connectivity index (χ1v) is 10.9. The van der Waals surface area contributed by atoms with E-state index in [0.29, 0.717) is 38.8 Å². The zero-order chi connectivity index (χ0) is 25.1. The zero-order valence-corrected chi connectivity index (χ0v) is 19.0. The van der Waals surface area contributed by atoms with Gasteiger partial charge in [-0.25, -0.2) is 4.79 Å². The molecule has 0 aromatic carbocycles. The third kappa shape index (κ3) is 9.13. The van der Waals surface area contributed by atoms with Gasteiger partial charge in [0.2, 0.25) is 23.6 Å². The predicted octanol–water partition coefficient (Wildman–Crippen LogP) is -3.78. The van der Waals surface area contributed by atoms with E-state index >= 15 is 0 Å². The van der Waals surface area contributed by atoms with Gasteiger partial charge in [-0.3, -0.25) is 24.2 Å². The van der Waals surface area contributed by atoms with Crippen molar-refractivity contribution in [2.45, 2.75) is 56.3 Å². The van der Waals surface area contributed by atoms with Gasteiger partial charge >= 0.3 is 5.97 Å². The number of amides is 4. The van der Waals surface area contributed by atoms with Crippen molar-refractivity contribution >= 4 is 48.2 Å². The fraction of sp³-hybridized carbons (Fsp3) is 0.667. The molecule has 15 heteroatoms. The topological polar surface area (TPSA) is 249 Å². The molecule has 4 amide bonds. The number of hydrogen-bond donors (Lipinski definition) is 8. The molecule has 186 valence electrons. The molecule has 0 bridgehead atoms. The predicted molar refractivity (Wildman–Crippen MR) is 122 cm³/mol. The van der Waals surface area contributed by atoms with Gasteiger partial charge in [0.15, 0.2) is 5.96 Å². The molecule has 0 aromatic rings. The maximum absolute atomic E-state index is 12.8. The van der Waals surface area contributed by atoms with Crippen LogP contribution in [-0.2, 0) is 24.0 Å². The van der Waals surface area contributed by atoms with E-state index in [9.17, 15) is 24.0 Å². The average Bonchev–Trinajstić information content (AvgIpc) is 3.22. The fourth-order valence-electron chi connectivity index (χ4n) is 3.30. The van der Waals surface area contributed by atoms with Crippen LogP contribution in [-0.4, -0.2) is 88.6 Å². The average molecular weight is 489 g/mol. The van der Waals surface area contributed by atoms with Crippen molar-refractivity contribution < 1.29 is 29.1 Å². The molecule has 1 heterocycles. The highest BCUT2D eigenvalue weighted by Crippen LogP contribution is 2.19. The van der Waals surface area contributed by atoms with Gasteiger partial charge in [0.1, 0.15) is 18.1 Å². The molecule has 0 spiro atoms. The summed E-state index contributed by atoms with van der Waals surface area (Å²) in [5.41, 5.74) is 21.6. The van der Waals surface area contributed by atoms with Crippen LogP contribution in [0.25, 0.3) is 0 Å². The lowest BCUT2D eigenvalue weighted by molar-refractivity contribution is -0.142. The maximum Gasteiger partial charge on any atom is 0.327 e. The second kappa shape index (κ2) is 13.5. The van der Waals surface area contributed by atoms with Crippen LogP contribution < -0.4 is 33.6 Å². The molecular formula is C18H32N8O6S. The van der Waals surface area contributed by atoms with Gasteiger partial charge in [-0.15, -0.1) is 0 Å². The fourth-order valence-corrected chi connectivity index (χ4v) is 3.54. The van der Waals surface area contributed by atoms with E-state index in [1.165, 1.54) is 4.90 Å². The second-order valence-corrected chi connectivity index (χ2v) is 7.92. The second-order valence-electron chi connectivity index (χ2n) is 7.56. The summed E-state index contributed by atoms with van der Waals surface area (Å²) in [7, 11) is 0. The van der Waals surface area contributed by atoms with Gasteiger partial charge in [-0.1, -0.05) is 0 Å². The molecule has 1 aliphatic rings. The van der Waals surface area contributed by atoms with E-state index in [-0.39, 0.29) is 11.7 Å². The summed E-state index contributed by atoms with van der Waals surface area (Å²) in [5.74, 6) is -4.49. The van der Waals surface area contributed by atoms with Crippen molar-refractivity contribution in [1.29, 1.82) is 0 Å². The molecule has 1 fully saturated rings. The Hall–Kier alpha value is -3.07. The van der Waals surface area contributed by atoms with Crippen LogP contribution in [0, 0.1) is 0 Å². The Morgan fingerprint density at radius 3 is 2.33 bits per heavy atom. The quantitative estimate of drug-likeness (QED) is 0.0547. The van der Waals surface area contributed by atoms with Crippen LogP contribution in [0.15, 0.2) is 4.99 Å². The van der Waals surface area contributed by atoms with E-state index in [1.54, 1.807) is 0 Å². The molecule has 0 aromatic heterocycles. The first-order chi connectivity index (χ1) is 15.5. The van der Waals surface area contributed by atoms with Crippen molar-refractivity contribution in [1.82, 2.24) is 15.5 Å². The monoisotopic (exact) mass is 488 g/mol. The number of aliphatic carboxylic acids is 1. The van der Waals surface area contributed by atoms with Crippen LogP contribution in [0.5, 0.6) is 0 Å². The Kier molecular flexibility index (Phi) is 11.4. The summed E-state index contributed by atoms with van der Waals surface area (Å²) >= 11 is 3.85. The van der Waals surface area contributed by atoms with E-state index in [1.807, 2.05) is 0 Å². The molecule has 4 atom stereocenters. The minimum Gasteiger partial charge on any atom is -0.480 e. The number of primary amides is 1. The summed E-state index contributed by atoms with van der Waals surface area (Å²) in [4.78, 5) is 65.7. The normalized spacial score (nSPS) is 18.0. The minimum atomic E-state index is -1.41. The Bertz CT molecular complexity index is 775. The van der Waals surface area contributed by atoms with E-state index in [2.05, 4.69) is 28.3 Å². The van der Waals surface area contributed by atoms with Crippen LogP contribution in [0.4, 0.5) is 0 Å². The summed E-state index contributed by atoms with van der Waals surface area (Å²) in [5, 5.41) is 13.7. The minimum absolute atomic E-state index is 0.0650. The van der Waals surface area contributed by atoms with Gasteiger partial charge in [-0.2, -0.15) is 12.6 Å². The Labute approximate surface area is 196 Å². The van der Waals surface area contributed by atoms with Crippen molar-refractivity contribution in [3.05, 3.63) is 0 Å². The lowest BCUT2D eigenvalue weighted by Crippen LogP contribution is -2.57. The third-order valence-electron chi connectivity index (χ3n) is 4.96. The number of rotatable bonds is 13. The molecule has 33 heavy (non-hydrogen) atoms. The number of carbonyl (C=O) groups excluding carboxylic acids is 4. The summed E-state index contributed by atoms with van der Waals surface area (Å²) < 4.78 is 0. The van der Waals surface area contributed by atoms with Gasteiger partial charge in [0.05, 0.1) is 12.5 Å². The Morgan fingerprint density at radius 2 is 1.79 bits per heavy atom. The number of carbonyl (C=O) groups is 5. The lowest BCUT2D eigenvalue weighted by atomic mass is 10.1. The number of carboxylic acids is 1. The Balaban J connectivity index is 2.81. The molecule has 4 unspecified atom stereocenters. The van der Waals surface area contributed by atoms with Crippen LogP contribution >= 0.6 is 12.6 Å². The van der Waals surface area contributed by atoms with Gasteiger partial charge in [0, 0.05) is 18.8 Å². The van der Waals surface area contributed by atoms with Gasteiger partial charge in [0.25, 0.3) is 0 Å². The molecule has 11 N–H and O–H groups in total. The number of aliphatic imine (C=N–C) groups is 1. The first kappa shape index (κ1) is 28.0. The number of guanidine groups is 1. The highest BCUT2D eigenvalue weighted by Gasteiger charge is 2.38. The first-order valence-electron chi connectivity index (χ1n) is 10.3. The molecule has 1 rings (SSSR count). The lowest BCUT2D eigenvalue weighted by Gasteiger charge is -2.28. The molecular weight excluding hydrogens is 456 g/mol. The SMILES string of the molecule is NC(=O)CC(NC(=O)C1CCCN1C(=O)C(N)CCCN=C(N)N)C(=O)NC(CS)C(=O)O. The largest absolute Gasteiger partial charge is 0.480 e. The highest BCUT2D eigenvalue weighted by molar-refractivity contribution is 7.80. The number of nitrogens with one attached hydrogen (secondary N) is 2. The molecule has 0 aliphatic carbocycles. The van der Waals surface area contributed by atoms with Crippen molar-refractivity contribution in [3.8, 4) is 0 Å². The molecule has 1 aliphatic heterocycles. The number of nitrogens with zero attached hydrogens (tertiary/aromatic N) is 2. The van der Waals surface area contributed by atoms with Crippen molar-refractivity contribution in [2.75, 3.05) is 18.8 Å². The van der Waals surface area contributed by atoms with E-state index in [0.717, 1.165) is 0 Å². The number of nitrogens with two attached hydrogens (primary N) is 4. The smallest absolute Gasteiger partial charge is 0.327 e. The number of likely N-dealkylation sites (tertiary alicyclic amines) is 1. The van der Waals surface area contributed by atoms with Crippen LogP contribution in [0.2, 0.25) is 0 Å². The Morgan fingerprint density at radius 1 is 1.12 bits per heavy atom. The third-order valence-corrected chi connectivity index (χ3v) is 5.32. The van der Waals surface area contributed by atoms with Crippen molar-refractivity contribution in [3.63, 3.8) is 0 Å². The number of hydrogen-bond acceptors (Lipinski definition) is 8. The number of carboxylic acid groups (broad SMARTS) is 1.